The van der Waals surface area contributed by atoms with E-state index < -0.39 is 111 Å². The molecule has 12 unspecified atom stereocenters. The Morgan fingerprint density at radius 3 is 1.24 bits per heavy atom. The standard InChI is InChI=1S/C20H32N2O18S2/c23-9-7(39-17(33)13(27)11(9)25)1-37-19(35)21-5(15(29)30)3-41-42-4-6(16(31)32)22-20(36)38-2-8-10(24)12(26)14(28)18(34)40-8/h5-14,17-18,23-28,33-34H,1-4H2,(H,21,35)(H,22,36)(H,29,30)(H,31,32). The molecule has 0 aromatic carbocycles. The number of hydrogen-bond donors (Lipinski definition) is 12. The molecule has 2 heterocycles. The molecule has 2 aliphatic rings. The van der Waals surface area contributed by atoms with Crippen molar-refractivity contribution >= 4 is 45.7 Å². The van der Waals surface area contributed by atoms with Crippen molar-refractivity contribution in [1.82, 2.24) is 10.6 Å². The maximum atomic E-state index is 12.0. The Kier molecular flexibility index (Phi) is 14.2. The number of ether oxygens (including phenoxy) is 4. The Morgan fingerprint density at radius 1 is 0.595 bits per heavy atom. The molecule has 2 fully saturated rings. The van der Waals surface area contributed by atoms with E-state index >= 15 is 0 Å². The lowest BCUT2D eigenvalue weighted by atomic mass is 9.99. The van der Waals surface area contributed by atoms with Gasteiger partial charge in [-0.2, -0.15) is 0 Å². The van der Waals surface area contributed by atoms with Gasteiger partial charge in [0.2, 0.25) is 0 Å². The predicted molar refractivity (Wildman–Crippen MR) is 135 cm³/mol. The van der Waals surface area contributed by atoms with Crippen LogP contribution < -0.4 is 10.6 Å². The molecule has 0 spiro atoms. The van der Waals surface area contributed by atoms with Gasteiger partial charge in [0, 0.05) is 11.5 Å². The largest absolute Gasteiger partial charge is 0.480 e. The zero-order chi connectivity index (χ0) is 31.7. The van der Waals surface area contributed by atoms with E-state index in [0.717, 1.165) is 21.6 Å². The first-order chi connectivity index (χ1) is 19.6. The van der Waals surface area contributed by atoms with Gasteiger partial charge in [0.1, 0.15) is 74.1 Å². The van der Waals surface area contributed by atoms with Crippen LogP contribution in [0.15, 0.2) is 0 Å². The molecule has 0 radical (unpaired) electrons. The normalized spacial score (nSPS) is 34.5. The minimum atomic E-state index is -1.87. The highest BCUT2D eigenvalue weighted by atomic mass is 33.1. The monoisotopic (exact) mass is 652 g/mol. The number of aliphatic carboxylic acids is 2. The molecule has 242 valence electrons. The van der Waals surface area contributed by atoms with E-state index in [4.69, 9.17) is 18.9 Å². The lowest BCUT2D eigenvalue weighted by Crippen LogP contribution is -2.59. The highest BCUT2D eigenvalue weighted by Gasteiger charge is 2.44. The molecule has 0 aromatic rings. The highest BCUT2D eigenvalue weighted by molar-refractivity contribution is 8.76. The molecular weight excluding hydrogens is 620 g/mol. The third-order valence-electron chi connectivity index (χ3n) is 5.86. The third kappa shape index (κ3) is 10.2. The smallest absolute Gasteiger partial charge is 0.407 e. The fourth-order valence-corrected chi connectivity index (χ4v) is 5.71. The quantitative estimate of drug-likeness (QED) is 0.0651. The topological polar surface area (TPSA) is 332 Å². The number of carbonyl (C=O) groups is 4. The average molecular weight is 653 g/mol. The van der Waals surface area contributed by atoms with Gasteiger partial charge in [0.25, 0.3) is 0 Å². The van der Waals surface area contributed by atoms with Crippen molar-refractivity contribution in [1.29, 1.82) is 0 Å². The summed E-state index contributed by atoms with van der Waals surface area (Å²) >= 11 is 0. The fourth-order valence-electron chi connectivity index (χ4n) is 3.40. The lowest BCUT2D eigenvalue weighted by Gasteiger charge is -2.37. The second kappa shape index (κ2) is 16.6. The van der Waals surface area contributed by atoms with Gasteiger partial charge < -0.3 is 80.6 Å². The first kappa shape index (κ1) is 36.0. The van der Waals surface area contributed by atoms with E-state index in [1.165, 1.54) is 0 Å². The first-order valence-corrected chi connectivity index (χ1v) is 14.4. The summed E-state index contributed by atoms with van der Waals surface area (Å²) in [6, 6.07) is -3.09. The maximum absolute atomic E-state index is 12.0. The van der Waals surface area contributed by atoms with Crippen LogP contribution in [0.5, 0.6) is 0 Å². The van der Waals surface area contributed by atoms with E-state index in [2.05, 4.69) is 0 Å². The molecule has 0 aromatic heterocycles. The Morgan fingerprint density at radius 2 is 0.929 bits per heavy atom. The number of nitrogens with one attached hydrogen (secondary N) is 2. The van der Waals surface area contributed by atoms with Crippen molar-refractivity contribution in [2.75, 3.05) is 24.7 Å². The van der Waals surface area contributed by atoms with Gasteiger partial charge >= 0.3 is 24.1 Å². The van der Waals surface area contributed by atoms with Crippen LogP contribution in [0.3, 0.4) is 0 Å². The Labute approximate surface area is 243 Å². The average Bonchev–Trinajstić information content (AvgIpc) is 2.93. The molecule has 0 bridgehead atoms. The van der Waals surface area contributed by atoms with Crippen LogP contribution in [0.2, 0.25) is 0 Å². The van der Waals surface area contributed by atoms with Gasteiger partial charge in [0.05, 0.1) is 0 Å². The number of carboxylic acids is 2. The molecule has 22 heteroatoms. The van der Waals surface area contributed by atoms with Crippen LogP contribution in [0, 0.1) is 0 Å². The van der Waals surface area contributed by atoms with Crippen LogP contribution in [0.1, 0.15) is 0 Å². The molecule has 2 amide bonds. The summed E-state index contributed by atoms with van der Waals surface area (Å²) in [5, 5.41) is 99.5. The molecule has 12 N–H and O–H groups in total. The third-order valence-corrected chi connectivity index (χ3v) is 8.29. The van der Waals surface area contributed by atoms with Crippen molar-refractivity contribution in [2.24, 2.45) is 0 Å². The minimum Gasteiger partial charge on any atom is -0.480 e. The summed E-state index contributed by atoms with van der Waals surface area (Å²) in [4.78, 5) is 47.0. The van der Waals surface area contributed by atoms with Gasteiger partial charge in [-0.15, -0.1) is 0 Å². The summed E-state index contributed by atoms with van der Waals surface area (Å²) in [6.07, 6.45) is -19.8. The number of aliphatic hydroxyl groups is 8. The van der Waals surface area contributed by atoms with E-state index in [-0.39, 0.29) is 11.5 Å². The zero-order valence-corrected chi connectivity index (χ0v) is 22.9. The van der Waals surface area contributed by atoms with Gasteiger partial charge in [-0.25, -0.2) is 19.2 Å². The summed E-state index contributed by atoms with van der Waals surface area (Å²) in [5.41, 5.74) is 0. The van der Waals surface area contributed by atoms with Crippen LogP contribution in [-0.4, -0.2) is 173 Å². The number of carboxylic acid groups (broad SMARTS) is 2. The Hall–Kier alpha value is -2.22. The van der Waals surface area contributed by atoms with Crippen LogP contribution >= 0.6 is 21.6 Å². The van der Waals surface area contributed by atoms with Crippen LogP contribution in [0.4, 0.5) is 9.59 Å². The summed E-state index contributed by atoms with van der Waals surface area (Å²) in [7, 11) is 1.62. The minimum absolute atomic E-state index is 0.314. The molecular formula is C20H32N2O18S2. The number of alkyl carbamates (subject to hydrolysis) is 2. The molecule has 2 rings (SSSR count). The maximum Gasteiger partial charge on any atom is 0.407 e. The fraction of sp³-hybridized carbons (Fsp3) is 0.800. The first-order valence-electron chi connectivity index (χ1n) is 12.0. The number of amides is 2. The Balaban J connectivity index is 1.75. The lowest BCUT2D eigenvalue weighted by molar-refractivity contribution is -0.286. The van der Waals surface area contributed by atoms with Gasteiger partial charge in [-0.3, -0.25) is 0 Å². The number of rotatable bonds is 13. The number of aliphatic hydroxyl groups excluding tert-OH is 8. The van der Waals surface area contributed by atoms with Crippen molar-refractivity contribution in [3.63, 3.8) is 0 Å². The predicted octanol–water partition coefficient (Wildman–Crippen LogP) is -5.67. The molecule has 0 saturated carbocycles. The van der Waals surface area contributed by atoms with E-state index in [1.54, 1.807) is 0 Å². The molecule has 20 nitrogen and oxygen atoms in total. The Bertz CT molecular complexity index is 861. The summed E-state index contributed by atoms with van der Waals surface area (Å²) < 4.78 is 19.2. The number of carbonyl (C=O) groups excluding carboxylic acids is 2. The molecule has 42 heavy (non-hydrogen) atoms. The van der Waals surface area contributed by atoms with Crippen LogP contribution in [0.25, 0.3) is 0 Å². The summed E-state index contributed by atoms with van der Waals surface area (Å²) in [5.74, 6) is -3.61. The SMILES string of the molecule is O=C(NC(CSSCC(NC(=O)OCC1OC(O)C(O)C(O)C1O)C(=O)O)C(=O)O)OCC1OC(O)C(O)C(O)C1O. The second-order valence-electron chi connectivity index (χ2n) is 8.91. The van der Waals surface area contributed by atoms with Crippen molar-refractivity contribution in [3.05, 3.63) is 0 Å². The molecule has 0 aliphatic carbocycles. The zero-order valence-electron chi connectivity index (χ0n) is 21.3. The van der Waals surface area contributed by atoms with Crippen molar-refractivity contribution in [3.8, 4) is 0 Å². The van der Waals surface area contributed by atoms with E-state index in [1.807, 2.05) is 10.6 Å². The molecule has 2 aliphatic heterocycles. The van der Waals surface area contributed by atoms with Gasteiger partial charge in [-0.05, 0) is 0 Å². The molecule has 2 saturated heterocycles. The van der Waals surface area contributed by atoms with E-state index in [9.17, 15) is 70.2 Å². The van der Waals surface area contributed by atoms with Crippen molar-refractivity contribution < 1.29 is 89.2 Å². The highest BCUT2D eigenvalue weighted by Crippen LogP contribution is 2.24. The van der Waals surface area contributed by atoms with Crippen molar-refractivity contribution in [2.45, 2.75) is 73.5 Å². The van der Waals surface area contributed by atoms with Crippen LogP contribution in [-0.2, 0) is 28.5 Å². The van der Waals surface area contributed by atoms with Gasteiger partial charge in [-0.1, -0.05) is 21.6 Å². The number of hydrogen-bond acceptors (Lipinski definition) is 18. The van der Waals surface area contributed by atoms with Gasteiger partial charge in [0.15, 0.2) is 12.6 Å². The molecule has 12 atom stereocenters. The second-order valence-corrected chi connectivity index (χ2v) is 11.5. The summed E-state index contributed by atoms with van der Waals surface area (Å²) in [6.45, 7) is -1.45. The van der Waals surface area contributed by atoms with E-state index in [0.29, 0.717) is 0 Å².